The highest BCUT2D eigenvalue weighted by atomic mass is 35.5. The van der Waals surface area contributed by atoms with Crippen molar-refractivity contribution < 1.29 is 22.7 Å². The molecular formula is C22H28ClN3O5S. The minimum absolute atomic E-state index is 0.0686. The third kappa shape index (κ3) is 5.46. The number of aryl methyl sites for hydroxylation is 1. The topological polar surface area (TPSA) is 97.0 Å². The number of amides is 1. The lowest BCUT2D eigenvalue weighted by molar-refractivity contribution is -0.114. The van der Waals surface area contributed by atoms with Crippen LogP contribution >= 0.6 is 11.6 Å². The molecular weight excluding hydrogens is 454 g/mol. The molecule has 1 amide bonds. The van der Waals surface area contributed by atoms with Crippen LogP contribution in [-0.4, -0.2) is 52.5 Å². The van der Waals surface area contributed by atoms with E-state index >= 15 is 0 Å². The molecule has 1 heterocycles. The summed E-state index contributed by atoms with van der Waals surface area (Å²) in [5, 5.41) is 6.11. The predicted octanol–water partition coefficient (Wildman–Crippen LogP) is 3.89. The molecule has 8 nitrogen and oxygen atoms in total. The van der Waals surface area contributed by atoms with Crippen LogP contribution in [0.25, 0.3) is 0 Å². The number of benzene rings is 2. The van der Waals surface area contributed by atoms with E-state index in [0.717, 1.165) is 24.8 Å². The van der Waals surface area contributed by atoms with Crippen LogP contribution in [0, 0.1) is 6.92 Å². The summed E-state index contributed by atoms with van der Waals surface area (Å²) in [6, 6.07) is 8.06. The van der Waals surface area contributed by atoms with E-state index in [1.807, 2.05) is 6.92 Å². The van der Waals surface area contributed by atoms with E-state index in [-0.39, 0.29) is 17.3 Å². The van der Waals surface area contributed by atoms with Crippen molar-refractivity contribution >= 4 is 38.9 Å². The Morgan fingerprint density at radius 3 is 2.38 bits per heavy atom. The van der Waals surface area contributed by atoms with Crippen molar-refractivity contribution in [2.45, 2.75) is 31.1 Å². The number of methoxy groups -OCH3 is 2. The second-order valence-electron chi connectivity index (χ2n) is 7.53. The van der Waals surface area contributed by atoms with Gasteiger partial charge in [0.05, 0.1) is 36.4 Å². The van der Waals surface area contributed by atoms with E-state index in [0.29, 0.717) is 41.0 Å². The number of carbonyl (C=O) groups excluding carboxylic acids is 1. The molecule has 1 aliphatic heterocycles. The molecule has 2 aromatic carbocycles. The van der Waals surface area contributed by atoms with Crippen molar-refractivity contribution in [1.82, 2.24) is 4.31 Å². The molecule has 0 atom stereocenters. The van der Waals surface area contributed by atoms with Gasteiger partial charge in [-0.2, -0.15) is 4.31 Å². The van der Waals surface area contributed by atoms with Crippen LogP contribution in [-0.2, 0) is 14.8 Å². The molecule has 32 heavy (non-hydrogen) atoms. The van der Waals surface area contributed by atoms with Gasteiger partial charge in [-0.25, -0.2) is 8.42 Å². The average Bonchev–Trinajstić information content (AvgIpc) is 2.79. The second kappa shape index (κ2) is 10.4. The summed E-state index contributed by atoms with van der Waals surface area (Å²) in [6.45, 7) is 2.85. The predicted molar refractivity (Wildman–Crippen MR) is 125 cm³/mol. The Bertz CT molecular complexity index is 1090. The van der Waals surface area contributed by atoms with Gasteiger partial charge in [0.15, 0.2) is 0 Å². The highest BCUT2D eigenvalue weighted by Crippen LogP contribution is 2.35. The molecule has 0 radical (unpaired) electrons. The van der Waals surface area contributed by atoms with Crippen LogP contribution in [0.3, 0.4) is 0 Å². The zero-order valence-corrected chi connectivity index (χ0v) is 20.0. The van der Waals surface area contributed by atoms with Crippen molar-refractivity contribution in [1.29, 1.82) is 0 Å². The van der Waals surface area contributed by atoms with E-state index in [1.54, 1.807) is 30.3 Å². The lowest BCUT2D eigenvalue weighted by Crippen LogP contribution is -2.35. The number of ether oxygens (including phenoxy) is 2. The highest BCUT2D eigenvalue weighted by Gasteiger charge is 2.26. The smallest absolute Gasteiger partial charge is 0.243 e. The fourth-order valence-corrected chi connectivity index (χ4v) is 5.32. The number of carbonyl (C=O) groups is 1. The number of sulfonamides is 1. The van der Waals surface area contributed by atoms with Crippen LogP contribution in [0.5, 0.6) is 11.5 Å². The first-order chi connectivity index (χ1) is 15.3. The van der Waals surface area contributed by atoms with E-state index in [2.05, 4.69) is 10.6 Å². The quantitative estimate of drug-likeness (QED) is 0.593. The maximum absolute atomic E-state index is 13.0. The van der Waals surface area contributed by atoms with Gasteiger partial charge in [0, 0.05) is 24.8 Å². The largest absolute Gasteiger partial charge is 0.495 e. The van der Waals surface area contributed by atoms with Gasteiger partial charge in [-0.3, -0.25) is 4.79 Å². The summed E-state index contributed by atoms with van der Waals surface area (Å²) in [4.78, 5) is 12.7. The van der Waals surface area contributed by atoms with Gasteiger partial charge in [-0.15, -0.1) is 0 Å². The Morgan fingerprint density at radius 1 is 1.03 bits per heavy atom. The molecule has 10 heteroatoms. The zero-order chi connectivity index (χ0) is 23.3. The van der Waals surface area contributed by atoms with E-state index in [4.69, 9.17) is 21.1 Å². The minimum Gasteiger partial charge on any atom is -0.495 e. The van der Waals surface area contributed by atoms with Gasteiger partial charge >= 0.3 is 0 Å². The maximum Gasteiger partial charge on any atom is 0.243 e. The van der Waals surface area contributed by atoms with E-state index in [1.165, 1.54) is 18.5 Å². The van der Waals surface area contributed by atoms with E-state index < -0.39 is 10.0 Å². The third-order valence-electron chi connectivity index (χ3n) is 5.35. The van der Waals surface area contributed by atoms with Gasteiger partial charge < -0.3 is 20.1 Å². The number of piperidine rings is 1. The van der Waals surface area contributed by atoms with Crippen molar-refractivity contribution in [3.63, 3.8) is 0 Å². The van der Waals surface area contributed by atoms with Crippen LogP contribution in [0.15, 0.2) is 35.2 Å². The average molecular weight is 482 g/mol. The van der Waals surface area contributed by atoms with E-state index in [9.17, 15) is 13.2 Å². The first-order valence-corrected chi connectivity index (χ1v) is 12.1. The van der Waals surface area contributed by atoms with Crippen molar-refractivity contribution in [2.75, 3.05) is 44.5 Å². The standard InChI is InChI=1S/C22H28ClN3O5S/c1-15-7-8-16(32(28,29)26-9-5-4-6-10-26)11-18(15)24-14-22(27)25-19-12-17(23)20(30-2)13-21(19)31-3/h7-8,11-13,24H,4-6,9-10,14H2,1-3H3,(H,25,27). The summed E-state index contributed by atoms with van der Waals surface area (Å²) in [6.07, 6.45) is 2.79. The number of nitrogens with one attached hydrogen (secondary N) is 2. The number of halogens is 1. The first-order valence-electron chi connectivity index (χ1n) is 10.3. The normalized spacial score (nSPS) is 14.6. The van der Waals surface area contributed by atoms with Crippen LogP contribution in [0.4, 0.5) is 11.4 Å². The van der Waals surface area contributed by atoms with Gasteiger partial charge in [0.1, 0.15) is 11.5 Å². The highest BCUT2D eigenvalue weighted by molar-refractivity contribution is 7.89. The van der Waals surface area contributed by atoms with Crippen LogP contribution in [0.2, 0.25) is 5.02 Å². The molecule has 2 aromatic rings. The number of hydrogen-bond donors (Lipinski definition) is 2. The Labute approximate surface area is 193 Å². The molecule has 3 rings (SSSR count). The lowest BCUT2D eigenvalue weighted by Gasteiger charge is -2.26. The van der Waals surface area contributed by atoms with Crippen LogP contribution < -0.4 is 20.1 Å². The molecule has 0 aromatic heterocycles. The first kappa shape index (κ1) is 24.2. The number of nitrogens with zero attached hydrogens (tertiary/aromatic N) is 1. The fraction of sp³-hybridized carbons (Fsp3) is 0.409. The Kier molecular flexibility index (Phi) is 7.86. The molecule has 0 aliphatic carbocycles. The summed E-state index contributed by atoms with van der Waals surface area (Å²) >= 11 is 6.15. The second-order valence-corrected chi connectivity index (χ2v) is 9.88. The number of anilines is 2. The molecule has 1 aliphatic rings. The molecule has 0 saturated carbocycles. The molecule has 0 spiro atoms. The third-order valence-corrected chi connectivity index (χ3v) is 7.54. The molecule has 1 saturated heterocycles. The number of rotatable bonds is 8. The minimum atomic E-state index is -3.56. The van der Waals surface area contributed by atoms with Crippen molar-refractivity contribution in [3.8, 4) is 11.5 Å². The summed E-state index contributed by atoms with van der Waals surface area (Å²) < 4.78 is 37.9. The maximum atomic E-state index is 13.0. The SMILES string of the molecule is COc1cc(OC)c(NC(=O)CNc2cc(S(=O)(=O)N3CCCCC3)ccc2C)cc1Cl. The van der Waals surface area contributed by atoms with Crippen molar-refractivity contribution in [2.24, 2.45) is 0 Å². The summed E-state index contributed by atoms with van der Waals surface area (Å²) in [5.41, 5.74) is 1.82. The van der Waals surface area contributed by atoms with Crippen LogP contribution in [0.1, 0.15) is 24.8 Å². The fourth-order valence-electron chi connectivity index (χ4n) is 3.53. The molecule has 2 N–H and O–H groups in total. The zero-order valence-electron chi connectivity index (χ0n) is 18.4. The Hall–Kier alpha value is -2.49. The molecule has 174 valence electrons. The summed E-state index contributed by atoms with van der Waals surface area (Å²) in [7, 11) is -0.588. The molecule has 0 bridgehead atoms. The van der Waals surface area contributed by atoms with Gasteiger partial charge in [0.2, 0.25) is 15.9 Å². The molecule has 0 unspecified atom stereocenters. The van der Waals surface area contributed by atoms with Gasteiger partial charge in [0.25, 0.3) is 0 Å². The van der Waals surface area contributed by atoms with Gasteiger partial charge in [-0.1, -0.05) is 24.1 Å². The molecule has 1 fully saturated rings. The van der Waals surface area contributed by atoms with Gasteiger partial charge in [-0.05, 0) is 43.5 Å². The lowest BCUT2D eigenvalue weighted by atomic mass is 10.2. The van der Waals surface area contributed by atoms with Crippen molar-refractivity contribution in [3.05, 3.63) is 40.9 Å². The Balaban J connectivity index is 1.71. The summed E-state index contributed by atoms with van der Waals surface area (Å²) in [5.74, 6) is 0.501. The Morgan fingerprint density at radius 2 is 1.72 bits per heavy atom. The number of hydrogen-bond acceptors (Lipinski definition) is 6. The monoisotopic (exact) mass is 481 g/mol.